The molecule has 0 bridgehead atoms. The molecule has 4 nitrogen and oxygen atoms in total. The highest BCUT2D eigenvalue weighted by Gasteiger charge is 2.20. The standard InChI is InChI=1S/C24H39N3OS/c1-18(2)20-12-13-22(26-4)23(16-20)29-14-8-11-24(28)27-21(17-25-3)15-19-9-6-5-7-10-19/h12-13,16,18-19,21,25H,4-11,14-15,17H2,1-3H3,(H,27,28). The van der Waals surface area contributed by atoms with Gasteiger partial charge in [0.05, 0.1) is 5.69 Å². The summed E-state index contributed by atoms with van der Waals surface area (Å²) in [4.78, 5) is 17.8. The number of thioether (sulfide) groups is 1. The number of benzene rings is 1. The van der Waals surface area contributed by atoms with E-state index in [-0.39, 0.29) is 11.9 Å². The van der Waals surface area contributed by atoms with Crippen molar-refractivity contribution in [3.05, 3.63) is 23.8 Å². The van der Waals surface area contributed by atoms with Crippen molar-refractivity contribution in [2.45, 2.75) is 82.1 Å². The van der Waals surface area contributed by atoms with Crippen molar-refractivity contribution in [3.63, 3.8) is 0 Å². The average molecular weight is 418 g/mol. The van der Waals surface area contributed by atoms with Gasteiger partial charge in [-0.05, 0) is 61.9 Å². The first kappa shape index (κ1) is 23.9. The second-order valence-corrected chi connectivity index (χ2v) is 9.69. The molecule has 0 spiro atoms. The third-order valence-electron chi connectivity index (χ3n) is 5.78. The van der Waals surface area contributed by atoms with Gasteiger partial charge in [-0.1, -0.05) is 52.0 Å². The highest BCUT2D eigenvalue weighted by atomic mass is 32.2. The molecule has 29 heavy (non-hydrogen) atoms. The van der Waals surface area contributed by atoms with E-state index in [1.54, 1.807) is 11.8 Å². The molecule has 0 saturated heterocycles. The van der Waals surface area contributed by atoms with Gasteiger partial charge in [-0.2, -0.15) is 0 Å². The number of likely N-dealkylation sites (N-methyl/N-ethyl adjacent to an activating group) is 1. The Morgan fingerprint density at radius 1 is 1.28 bits per heavy atom. The molecule has 2 N–H and O–H groups in total. The zero-order valence-corrected chi connectivity index (χ0v) is 19.3. The Labute approximate surface area is 181 Å². The van der Waals surface area contributed by atoms with Gasteiger partial charge in [0.2, 0.25) is 5.91 Å². The van der Waals surface area contributed by atoms with Crippen LogP contribution in [0.1, 0.15) is 76.7 Å². The van der Waals surface area contributed by atoms with Crippen LogP contribution in [-0.4, -0.2) is 38.0 Å². The summed E-state index contributed by atoms with van der Waals surface area (Å²) in [6.07, 6.45) is 9.28. The van der Waals surface area contributed by atoms with Crippen LogP contribution in [0.15, 0.2) is 28.1 Å². The minimum Gasteiger partial charge on any atom is -0.352 e. The molecule has 1 aromatic carbocycles. The Bertz CT molecular complexity index is 641. The van der Waals surface area contributed by atoms with Gasteiger partial charge in [-0.15, -0.1) is 11.8 Å². The van der Waals surface area contributed by atoms with Crippen molar-refractivity contribution < 1.29 is 4.79 Å². The van der Waals surface area contributed by atoms with Crippen molar-refractivity contribution in [2.24, 2.45) is 10.9 Å². The topological polar surface area (TPSA) is 53.5 Å². The number of nitrogens with one attached hydrogen (secondary N) is 2. The van der Waals surface area contributed by atoms with E-state index in [0.717, 1.165) is 41.6 Å². The lowest BCUT2D eigenvalue weighted by molar-refractivity contribution is -0.121. The van der Waals surface area contributed by atoms with E-state index in [0.29, 0.717) is 12.3 Å². The van der Waals surface area contributed by atoms with Gasteiger partial charge < -0.3 is 10.6 Å². The number of carbonyl (C=O) groups excluding carboxylic acids is 1. The van der Waals surface area contributed by atoms with E-state index in [2.05, 4.69) is 48.3 Å². The van der Waals surface area contributed by atoms with E-state index in [1.165, 1.54) is 37.7 Å². The maximum absolute atomic E-state index is 12.5. The number of hydrogen-bond acceptors (Lipinski definition) is 4. The number of amides is 1. The van der Waals surface area contributed by atoms with Crippen molar-refractivity contribution in [1.82, 2.24) is 10.6 Å². The van der Waals surface area contributed by atoms with Gasteiger partial charge in [0, 0.05) is 23.9 Å². The second kappa shape index (κ2) is 13.1. The highest BCUT2D eigenvalue weighted by Crippen LogP contribution is 2.33. The fourth-order valence-electron chi connectivity index (χ4n) is 4.12. The highest BCUT2D eigenvalue weighted by molar-refractivity contribution is 7.99. The lowest BCUT2D eigenvalue weighted by atomic mass is 9.85. The SMILES string of the molecule is C=Nc1ccc(C(C)C)cc1SCCCC(=O)NC(CNC)CC1CCCCC1. The smallest absolute Gasteiger partial charge is 0.220 e. The molecule has 1 amide bonds. The molecule has 1 saturated carbocycles. The van der Waals surface area contributed by atoms with Crippen LogP contribution in [0.5, 0.6) is 0 Å². The Hall–Kier alpha value is -1.33. The lowest BCUT2D eigenvalue weighted by Gasteiger charge is -2.27. The first-order chi connectivity index (χ1) is 14.0. The molecule has 1 aromatic rings. The molecule has 0 aromatic heterocycles. The average Bonchev–Trinajstić information content (AvgIpc) is 2.72. The molecule has 1 atom stereocenters. The molecule has 0 aliphatic heterocycles. The minimum absolute atomic E-state index is 0.180. The molecule has 1 aliphatic rings. The summed E-state index contributed by atoms with van der Waals surface area (Å²) >= 11 is 1.78. The molecule has 162 valence electrons. The number of hydrogen-bond donors (Lipinski definition) is 2. The largest absolute Gasteiger partial charge is 0.352 e. The van der Waals surface area contributed by atoms with E-state index in [9.17, 15) is 4.79 Å². The molecular weight excluding hydrogens is 378 g/mol. The van der Waals surface area contributed by atoms with Crippen LogP contribution >= 0.6 is 11.8 Å². The minimum atomic E-state index is 0.180. The van der Waals surface area contributed by atoms with Crippen molar-refractivity contribution >= 4 is 30.1 Å². The summed E-state index contributed by atoms with van der Waals surface area (Å²) in [7, 11) is 1.97. The molecule has 2 rings (SSSR count). The van der Waals surface area contributed by atoms with Crippen LogP contribution in [0.2, 0.25) is 0 Å². The molecular formula is C24H39N3OS. The van der Waals surface area contributed by atoms with E-state index < -0.39 is 0 Å². The van der Waals surface area contributed by atoms with Crippen molar-refractivity contribution in [2.75, 3.05) is 19.3 Å². The van der Waals surface area contributed by atoms with E-state index >= 15 is 0 Å². The van der Waals surface area contributed by atoms with E-state index in [1.807, 2.05) is 13.1 Å². The maximum Gasteiger partial charge on any atom is 0.220 e. The number of aliphatic imine (C=N–C) groups is 1. The third kappa shape index (κ3) is 8.51. The first-order valence-electron chi connectivity index (χ1n) is 11.2. The number of rotatable bonds is 12. The summed E-state index contributed by atoms with van der Waals surface area (Å²) in [6, 6.07) is 6.64. The van der Waals surface area contributed by atoms with E-state index in [4.69, 9.17) is 0 Å². The number of carbonyl (C=O) groups is 1. The van der Waals surface area contributed by atoms with Gasteiger partial charge in [0.1, 0.15) is 0 Å². The van der Waals surface area contributed by atoms with Crippen molar-refractivity contribution in [3.8, 4) is 0 Å². The normalized spacial score (nSPS) is 16.0. The fourth-order valence-corrected chi connectivity index (χ4v) is 5.12. The van der Waals surface area contributed by atoms with Crippen LogP contribution in [-0.2, 0) is 4.79 Å². The molecule has 1 aliphatic carbocycles. The Balaban J connectivity index is 1.76. The summed E-state index contributed by atoms with van der Waals surface area (Å²) < 4.78 is 0. The van der Waals surface area contributed by atoms with Gasteiger partial charge in [0.25, 0.3) is 0 Å². The van der Waals surface area contributed by atoms with Crippen LogP contribution in [0.3, 0.4) is 0 Å². The van der Waals surface area contributed by atoms with Crippen LogP contribution in [0.4, 0.5) is 5.69 Å². The first-order valence-corrected chi connectivity index (χ1v) is 12.2. The van der Waals surface area contributed by atoms with Crippen LogP contribution in [0.25, 0.3) is 0 Å². The summed E-state index contributed by atoms with van der Waals surface area (Å²) in [6.45, 7) is 8.94. The molecule has 5 heteroatoms. The van der Waals surface area contributed by atoms with Crippen LogP contribution < -0.4 is 10.6 Å². The van der Waals surface area contributed by atoms with Gasteiger partial charge in [0.15, 0.2) is 0 Å². The quantitative estimate of drug-likeness (QED) is 0.261. The zero-order valence-electron chi connectivity index (χ0n) is 18.5. The monoisotopic (exact) mass is 417 g/mol. The fraction of sp³-hybridized carbons (Fsp3) is 0.667. The summed E-state index contributed by atoms with van der Waals surface area (Å²) in [5.74, 6) is 2.36. The third-order valence-corrected chi connectivity index (χ3v) is 6.92. The number of nitrogens with zero attached hydrogens (tertiary/aromatic N) is 1. The maximum atomic E-state index is 12.5. The van der Waals surface area contributed by atoms with Gasteiger partial charge >= 0.3 is 0 Å². The molecule has 1 unspecified atom stereocenters. The Morgan fingerprint density at radius 3 is 2.69 bits per heavy atom. The predicted molar refractivity (Wildman–Crippen MR) is 127 cm³/mol. The predicted octanol–water partition coefficient (Wildman–Crippen LogP) is 5.69. The Morgan fingerprint density at radius 2 is 2.03 bits per heavy atom. The summed E-state index contributed by atoms with van der Waals surface area (Å²) in [5, 5.41) is 6.51. The lowest BCUT2D eigenvalue weighted by Crippen LogP contribution is -2.42. The van der Waals surface area contributed by atoms with Crippen LogP contribution in [0, 0.1) is 5.92 Å². The molecule has 1 fully saturated rings. The summed E-state index contributed by atoms with van der Waals surface area (Å²) in [5.41, 5.74) is 2.25. The second-order valence-electron chi connectivity index (χ2n) is 8.55. The van der Waals surface area contributed by atoms with Crippen molar-refractivity contribution in [1.29, 1.82) is 0 Å². The molecule has 0 radical (unpaired) electrons. The molecule has 0 heterocycles. The van der Waals surface area contributed by atoms with Gasteiger partial charge in [-0.3, -0.25) is 9.79 Å². The Kier molecular flexibility index (Phi) is 10.8. The zero-order chi connectivity index (χ0) is 21.1. The van der Waals surface area contributed by atoms with Gasteiger partial charge in [-0.25, -0.2) is 0 Å².